The summed E-state index contributed by atoms with van der Waals surface area (Å²) in [4.78, 5) is 0. The van der Waals surface area contributed by atoms with Gasteiger partial charge in [0.1, 0.15) is 0 Å². The predicted molar refractivity (Wildman–Crippen MR) is 72.0 cm³/mol. The normalized spacial score (nSPS) is 25.9. The first-order valence-electron chi connectivity index (χ1n) is 6.90. The van der Waals surface area contributed by atoms with Crippen LogP contribution < -0.4 is 5.32 Å². The molecule has 1 saturated carbocycles. The van der Waals surface area contributed by atoms with Crippen LogP contribution in [0.1, 0.15) is 46.0 Å². The molecule has 0 saturated heterocycles. The Kier molecular flexibility index (Phi) is 4.08. The molecule has 1 aliphatic rings. The van der Waals surface area contributed by atoms with E-state index in [1.165, 1.54) is 37.8 Å². The molecule has 1 aromatic heterocycles. The van der Waals surface area contributed by atoms with Gasteiger partial charge in [0.2, 0.25) is 0 Å². The zero-order chi connectivity index (χ0) is 12.3. The zero-order valence-electron chi connectivity index (χ0n) is 11.3. The molecule has 0 amide bonds. The van der Waals surface area contributed by atoms with E-state index in [1.54, 1.807) is 0 Å². The van der Waals surface area contributed by atoms with Crippen LogP contribution in [-0.4, -0.2) is 15.8 Å². The lowest BCUT2D eigenvalue weighted by molar-refractivity contribution is 0.341. The second-order valence-electron chi connectivity index (χ2n) is 5.76. The monoisotopic (exact) mass is 235 g/mol. The smallest absolute Gasteiger partial charge is 0.0728 e. The minimum atomic E-state index is 0.642. The fraction of sp³-hybridized carbons (Fsp3) is 0.786. The van der Waals surface area contributed by atoms with Gasteiger partial charge in [-0.05, 0) is 31.1 Å². The highest BCUT2D eigenvalue weighted by atomic mass is 15.3. The maximum atomic E-state index is 4.20. The van der Waals surface area contributed by atoms with Crippen molar-refractivity contribution in [1.82, 2.24) is 9.78 Å². The van der Waals surface area contributed by atoms with Crippen LogP contribution in [0.15, 0.2) is 12.4 Å². The molecule has 0 radical (unpaired) electrons. The largest absolute Gasteiger partial charge is 0.380 e. The van der Waals surface area contributed by atoms with Crippen molar-refractivity contribution in [2.75, 3.05) is 5.32 Å². The average Bonchev–Trinajstić information content (AvgIpc) is 2.54. The van der Waals surface area contributed by atoms with Crippen molar-refractivity contribution < 1.29 is 0 Å². The number of hydrogen-bond acceptors (Lipinski definition) is 2. The highest BCUT2D eigenvalue weighted by molar-refractivity contribution is 5.39. The molecule has 0 aliphatic heterocycles. The molecule has 1 aromatic rings. The van der Waals surface area contributed by atoms with E-state index < -0.39 is 0 Å². The fourth-order valence-electron chi connectivity index (χ4n) is 2.87. The van der Waals surface area contributed by atoms with Gasteiger partial charge in [-0.2, -0.15) is 5.10 Å². The maximum Gasteiger partial charge on any atom is 0.0728 e. The number of hydrogen-bond donors (Lipinski definition) is 1. The SMILES string of the molecule is CC(C)C1CCCC(Nc2cnn(C)c2)CC1. The summed E-state index contributed by atoms with van der Waals surface area (Å²) in [7, 11) is 1.97. The summed E-state index contributed by atoms with van der Waals surface area (Å²) >= 11 is 0. The standard InChI is InChI=1S/C14H25N3/c1-11(2)12-5-4-6-13(8-7-12)16-14-9-15-17(3)10-14/h9-13,16H,4-8H2,1-3H3. The van der Waals surface area contributed by atoms with Crippen molar-refractivity contribution in [1.29, 1.82) is 0 Å². The van der Waals surface area contributed by atoms with Gasteiger partial charge >= 0.3 is 0 Å². The third-order valence-corrected chi connectivity index (χ3v) is 4.03. The van der Waals surface area contributed by atoms with Crippen molar-refractivity contribution in [2.24, 2.45) is 18.9 Å². The van der Waals surface area contributed by atoms with Crippen molar-refractivity contribution in [3.8, 4) is 0 Å². The molecule has 3 heteroatoms. The molecule has 96 valence electrons. The Labute approximate surface area is 105 Å². The Bertz CT molecular complexity index is 343. The molecule has 1 aliphatic carbocycles. The molecule has 2 rings (SSSR count). The predicted octanol–water partition coefficient (Wildman–Crippen LogP) is 3.44. The molecule has 2 unspecified atom stereocenters. The summed E-state index contributed by atoms with van der Waals surface area (Å²) in [6.07, 6.45) is 10.7. The summed E-state index contributed by atoms with van der Waals surface area (Å²) in [5.74, 6) is 1.77. The summed E-state index contributed by atoms with van der Waals surface area (Å²) in [5, 5.41) is 7.82. The molecule has 17 heavy (non-hydrogen) atoms. The molecule has 1 fully saturated rings. The Morgan fingerprint density at radius 3 is 2.76 bits per heavy atom. The summed E-state index contributed by atoms with van der Waals surface area (Å²) in [5.41, 5.74) is 1.17. The number of anilines is 1. The van der Waals surface area contributed by atoms with Crippen LogP contribution in [-0.2, 0) is 7.05 Å². The minimum absolute atomic E-state index is 0.642. The summed E-state index contributed by atoms with van der Waals surface area (Å²) in [6, 6.07) is 0.642. The van der Waals surface area contributed by atoms with E-state index >= 15 is 0 Å². The second-order valence-corrected chi connectivity index (χ2v) is 5.76. The highest BCUT2D eigenvalue weighted by Crippen LogP contribution is 2.29. The van der Waals surface area contributed by atoms with Gasteiger partial charge in [-0.3, -0.25) is 4.68 Å². The van der Waals surface area contributed by atoms with Crippen LogP contribution in [0.4, 0.5) is 5.69 Å². The lowest BCUT2D eigenvalue weighted by atomic mass is 9.89. The van der Waals surface area contributed by atoms with E-state index in [1.807, 2.05) is 17.9 Å². The first-order valence-corrected chi connectivity index (χ1v) is 6.90. The van der Waals surface area contributed by atoms with E-state index in [0.29, 0.717) is 6.04 Å². The lowest BCUT2D eigenvalue weighted by Gasteiger charge is -2.19. The lowest BCUT2D eigenvalue weighted by Crippen LogP contribution is -2.18. The van der Waals surface area contributed by atoms with Crippen LogP contribution in [0.2, 0.25) is 0 Å². The third kappa shape index (κ3) is 3.48. The van der Waals surface area contributed by atoms with Crippen molar-refractivity contribution in [3.63, 3.8) is 0 Å². The topological polar surface area (TPSA) is 29.9 Å². The van der Waals surface area contributed by atoms with Crippen molar-refractivity contribution in [2.45, 2.75) is 52.0 Å². The average molecular weight is 235 g/mol. The van der Waals surface area contributed by atoms with Gasteiger partial charge in [0.15, 0.2) is 0 Å². The van der Waals surface area contributed by atoms with Crippen LogP contribution in [0.3, 0.4) is 0 Å². The van der Waals surface area contributed by atoms with Crippen molar-refractivity contribution >= 4 is 5.69 Å². The molecular formula is C14H25N3. The first kappa shape index (κ1) is 12.5. The van der Waals surface area contributed by atoms with Crippen LogP contribution in [0, 0.1) is 11.8 Å². The van der Waals surface area contributed by atoms with E-state index in [0.717, 1.165) is 11.8 Å². The van der Waals surface area contributed by atoms with E-state index in [4.69, 9.17) is 0 Å². The Morgan fingerprint density at radius 1 is 1.29 bits per heavy atom. The fourth-order valence-corrected chi connectivity index (χ4v) is 2.87. The number of nitrogens with one attached hydrogen (secondary N) is 1. The summed E-state index contributed by atoms with van der Waals surface area (Å²) < 4.78 is 1.86. The molecular weight excluding hydrogens is 210 g/mol. The highest BCUT2D eigenvalue weighted by Gasteiger charge is 2.20. The van der Waals surface area contributed by atoms with Crippen molar-refractivity contribution in [3.05, 3.63) is 12.4 Å². The van der Waals surface area contributed by atoms with E-state index in [-0.39, 0.29) is 0 Å². The van der Waals surface area contributed by atoms with Crippen LogP contribution >= 0.6 is 0 Å². The number of nitrogens with zero attached hydrogens (tertiary/aromatic N) is 2. The minimum Gasteiger partial charge on any atom is -0.380 e. The van der Waals surface area contributed by atoms with Gasteiger partial charge in [0.25, 0.3) is 0 Å². The molecule has 2 atom stereocenters. The molecule has 0 aromatic carbocycles. The number of rotatable bonds is 3. The van der Waals surface area contributed by atoms with Gasteiger partial charge in [-0.1, -0.05) is 26.7 Å². The number of aryl methyl sites for hydroxylation is 1. The molecule has 1 N–H and O–H groups in total. The second kappa shape index (κ2) is 5.56. The first-order chi connectivity index (χ1) is 8.15. The van der Waals surface area contributed by atoms with Gasteiger partial charge in [-0.25, -0.2) is 0 Å². The Hall–Kier alpha value is -0.990. The van der Waals surface area contributed by atoms with Gasteiger partial charge in [0, 0.05) is 19.3 Å². The van der Waals surface area contributed by atoms with Crippen LogP contribution in [0.25, 0.3) is 0 Å². The molecule has 0 bridgehead atoms. The molecule has 1 heterocycles. The van der Waals surface area contributed by atoms with Gasteiger partial charge in [0.05, 0.1) is 11.9 Å². The van der Waals surface area contributed by atoms with Gasteiger partial charge in [-0.15, -0.1) is 0 Å². The third-order valence-electron chi connectivity index (χ3n) is 4.03. The Balaban J connectivity index is 1.86. The summed E-state index contributed by atoms with van der Waals surface area (Å²) in [6.45, 7) is 4.72. The van der Waals surface area contributed by atoms with E-state index in [2.05, 4.69) is 30.5 Å². The van der Waals surface area contributed by atoms with E-state index in [9.17, 15) is 0 Å². The Morgan fingerprint density at radius 2 is 2.12 bits per heavy atom. The quantitative estimate of drug-likeness (QED) is 0.813. The number of aromatic nitrogens is 2. The van der Waals surface area contributed by atoms with Crippen LogP contribution in [0.5, 0.6) is 0 Å². The molecule has 0 spiro atoms. The zero-order valence-corrected chi connectivity index (χ0v) is 11.3. The van der Waals surface area contributed by atoms with Gasteiger partial charge < -0.3 is 5.32 Å². The maximum absolute atomic E-state index is 4.20. The molecule has 3 nitrogen and oxygen atoms in total.